The van der Waals surface area contributed by atoms with E-state index < -0.39 is 0 Å². The molecule has 2 aliphatic rings. The molecule has 0 N–H and O–H groups in total. The van der Waals surface area contributed by atoms with E-state index in [1.807, 2.05) is 29.2 Å². The lowest BCUT2D eigenvalue weighted by molar-refractivity contribution is -0.132. The number of rotatable bonds is 5. The number of piperazine rings is 1. The van der Waals surface area contributed by atoms with Crippen molar-refractivity contribution in [1.82, 2.24) is 9.80 Å². The molecule has 154 valence electrons. The van der Waals surface area contributed by atoms with Crippen LogP contribution in [0.25, 0.3) is 0 Å². The predicted molar refractivity (Wildman–Crippen MR) is 115 cm³/mol. The molecule has 4 rings (SSSR count). The first-order valence-corrected chi connectivity index (χ1v) is 11.0. The van der Waals surface area contributed by atoms with Gasteiger partial charge in [-0.15, -0.1) is 11.8 Å². The molecule has 29 heavy (non-hydrogen) atoms. The van der Waals surface area contributed by atoms with Crippen molar-refractivity contribution >= 4 is 23.4 Å². The fourth-order valence-electron chi connectivity index (χ4n) is 3.91. The summed E-state index contributed by atoms with van der Waals surface area (Å²) in [6, 6.07) is 14.8. The molecule has 2 aliphatic heterocycles. The molecule has 0 bridgehead atoms. The molecule has 2 saturated heterocycles. The lowest BCUT2D eigenvalue weighted by atomic mass is 10.2. The second-order valence-electron chi connectivity index (χ2n) is 7.30. The van der Waals surface area contributed by atoms with Gasteiger partial charge in [-0.3, -0.25) is 9.69 Å². The van der Waals surface area contributed by atoms with E-state index in [0.717, 1.165) is 43.4 Å². The standard InChI is InChI=1S/C22H26FN3O2S/c1-28-18-6-4-5-17(15-18)25-11-9-24(10-12-25)16-21(27)26-13-14-29-22(26)19-7-2-3-8-20(19)23/h2-8,15,22H,9-14,16H2,1H3/t22-/m1/s1. The third-order valence-electron chi connectivity index (χ3n) is 5.53. The number of amides is 1. The minimum absolute atomic E-state index is 0.0816. The Kier molecular flexibility index (Phi) is 6.25. The average Bonchev–Trinajstić information content (AvgIpc) is 3.24. The van der Waals surface area contributed by atoms with Crippen molar-refractivity contribution < 1.29 is 13.9 Å². The topological polar surface area (TPSA) is 36.0 Å². The summed E-state index contributed by atoms with van der Waals surface area (Å²) in [5.74, 6) is 1.54. The molecule has 1 amide bonds. The van der Waals surface area contributed by atoms with Crippen LogP contribution in [0.5, 0.6) is 5.75 Å². The second-order valence-corrected chi connectivity index (χ2v) is 8.48. The zero-order valence-electron chi connectivity index (χ0n) is 16.6. The van der Waals surface area contributed by atoms with Gasteiger partial charge in [0, 0.05) is 55.8 Å². The number of carbonyl (C=O) groups excluding carboxylic acids is 1. The molecule has 0 spiro atoms. The number of hydrogen-bond donors (Lipinski definition) is 0. The number of thioether (sulfide) groups is 1. The zero-order valence-corrected chi connectivity index (χ0v) is 17.4. The summed E-state index contributed by atoms with van der Waals surface area (Å²) in [4.78, 5) is 19.3. The third kappa shape index (κ3) is 4.51. The summed E-state index contributed by atoms with van der Waals surface area (Å²) in [6.07, 6.45) is 0. The van der Waals surface area contributed by atoms with Gasteiger partial charge >= 0.3 is 0 Å². The number of anilines is 1. The molecule has 2 aromatic rings. The smallest absolute Gasteiger partial charge is 0.237 e. The minimum atomic E-state index is -0.239. The first-order valence-electron chi connectivity index (χ1n) is 9.92. The van der Waals surface area contributed by atoms with Gasteiger partial charge in [0.1, 0.15) is 16.9 Å². The van der Waals surface area contributed by atoms with Crippen molar-refractivity contribution in [3.8, 4) is 5.75 Å². The first kappa shape index (κ1) is 20.0. The van der Waals surface area contributed by atoms with Crippen LogP contribution in [0.1, 0.15) is 10.9 Å². The molecular weight excluding hydrogens is 389 g/mol. The predicted octanol–water partition coefficient (Wildman–Crippen LogP) is 3.23. The molecule has 2 fully saturated rings. The van der Waals surface area contributed by atoms with Crippen molar-refractivity contribution in [1.29, 1.82) is 0 Å². The van der Waals surface area contributed by atoms with Gasteiger partial charge in [0.25, 0.3) is 0 Å². The number of methoxy groups -OCH3 is 1. The van der Waals surface area contributed by atoms with E-state index >= 15 is 0 Å². The molecule has 2 aromatic carbocycles. The van der Waals surface area contributed by atoms with E-state index in [0.29, 0.717) is 18.7 Å². The van der Waals surface area contributed by atoms with Gasteiger partial charge in [-0.05, 0) is 18.2 Å². The van der Waals surface area contributed by atoms with Crippen LogP contribution in [0.4, 0.5) is 10.1 Å². The average molecular weight is 416 g/mol. The fourth-order valence-corrected chi connectivity index (χ4v) is 5.21. The SMILES string of the molecule is COc1cccc(N2CCN(CC(=O)N3CCS[C@@H]3c3ccccc3F)CC2)c1. The lowest BCUT2D eigenvalue weighted by Gasteiger charge is -2.36. The van der Waals surface area contributed by atoms with Crippen molar-refractivity contribution in [2.75, 3.05) is 57.0 Å². The van der Waals surface area contributed by atoms with Gasteiger partial charge in [0.05, 0.1) is 13.7 Å². The van der Waals surface area contributed by atoms with Crippen LogP contribution in [0.2, 0.25) is 0 Å². The highest BCUT2D eigenvalue weighted by Crippen LogP contribution is 2.39. The normalized spacial score (nSPS) is 20.1. The van der Waals surface area contributed by atoms with Crippen LogP contribution in [-0.2, 0) is 4.79 Å². The Morgan fingerprint density at radius 1 is 1.10 bits per heavy atom. The van der Waals surface area contributed by atoms with Gasteiger partial charge < -0.3 is 14.5 Å². The molecule has 7 heteroatoms. The Bertz CT molecular complexity index is 857. The largest absolute Gasteiger partial charge is 0.497 e. The maximum atomic E-state index is 14.2. The van der Waals surface area contributed by atoms with Crippen LogP contribution < -0.4 is 9.64 Å². The Hall–Kier alpha value is -2.25. The highest BCUT2D eigenvalue weighted by atomic mass is 32.2. The molecule has 0 aromatic heterocycles. The third-order valence-corrected chi connectivity index (χ3v) is 6.77. The van der Waals surface area contributed by atoms with E-state index in [2.05, 4.69) is 15.9 Å². The van der Waals surface area contributed by atoms with Crippen molar-refractivity contribution in [3.63, 3.8) is 0 Å². The van der Waals surface area contributed by atoms with E-state index in [9.17, 15) is 9.18 Å². The highest BCUT2D eigenvalue weighted by Gasteiger charge is 2.33. The van der Waals surface area contributed by atoms with Gasteiger partial charge in [-0.1, -0.05) is 24.3 Å². The van der Waals surface area contributed by atoms with E-state index in [4.69, 9.17) is 4.74 Å². The van der Waals surface area contributed by atoms with Crippen molar-refractivity contribution in [3.05, 3.63) is 59.9 Å². The summed E-state index contributed by atoms with van der Waals surface area (Å²) in [6.45, 7) is 4.45. The first-order chi connectivity index (χ1) is 14.2. The molecule has 0 saturated carbocycles. The summed E-state index contributed by atoms with van der Waals surface area (Å²) in [5.41, 5.74) is 1.75. The van der Waals surface area contributed by atoms with Crippen LogP contribution >= 0.6 is 11.8 Å². The van der Waals surface area contributed by atoms with Crippen molar-refractivity contribution in [2.24, 2.45) is 0 Å². The lowest BCUT2D eigenvalue weighted by Crippen LogP contribution is -2.50. The Balaban J connectivity index is 1.34. The number of halogens is 1. The number of carbonyl (C=O) groups is 1. The molecular formula is C22H26FN3O2S. The van der Waals surface area contributed by atoms with Crippen LogP contribution in [0.15, 0.2) is 48.5 Å². The molecule has 0 aliphatic carbocycles. The number of hydrogen-bond acceptors (Lipinski definition) is 5. The summed E-state index contributed by atoms with van der Waals surface area (Å²) in [5, 5.41) is -0.221. The maximum Gasteiger partial charge on any atom is 0.237 e. The van der Waals surface area contributed by atoms with Crippen molar-refractivity contribution in [2.45, 2.75) is 5.37 Å². The summed E-state index contributed by atoms with van der Waals surface area (Å²) >= 11 is 1.64. The van der Waals surface area contributed by atoms with Gasteiger partial charge in [0.15, 0.2) is 0 Å². The maximum absolute atomic E-state index is 14.2. The van der Waals surface area contributed by atoms with Gasteiger partial charge in [0.2, 0.25) is 5.91 Å². The fraction of sp³-hybridized carbons (Fsp3) is 0.409. The molecule has 2 heterocycles. The Labute approximate surface area is 175 Å². The highest BCUT2D eigenvalue weighted by molar-refractivity contribution is 7.99. The zero-order chi connectivity index (χ0) is 20.2. The quantitative estimate of drug-likeness (QED) is 0.749. The molecule has 0 radical (unpaired) electrons. The summed E-state index contributed by atoms with van der Waals surface area (Å²) < 4.78 is 19.5. The van der Waals surface area contributed by atoms with Crippen LogP contribution in [0, 0.1) is 5.82 Å². The monoisotopic (exact) mass is 415 g/mol. The van der Waals surface area contributed by atoms with E-state index in [1.165, 1.54) is 6.07 Å². The molecule has 1 atom stereocenters. The number of benzene rings is 2. The van der Waals surface area contributed by atoms with Crippen LogP contribution in [0.3, 0.4) is 0 Å². The Morgan fingerprint density at radius 2 is 1.90 bits per heavy atom. The molecule has 5 nitrogen and oxygen atoms in total. The second kappa shape index (κ2) is 9.05. The molecule has 0 unspecified atom stereocenters. The Morgan fingerprint density at radius 3 is 2.66 bits per heavy atom. The van der Waals surface area contributed by atoms with E-state index in [1.54, 1.807) is 31.0 Å². The summed E-state index contributed by atoms with van der Waals surface area (Å²) in [7, 11) is 1.67. The van der Waals surface area contributed by atoms with Crippen LogP contribution in [-0.4, -0.2) is 67.8 Å². The van der Waals surface area contributed by atoms with Gasteiger partial charge in [-0.25, -0.2) is 4.39 Å². The van der Waals surface area contributed by atoms with Gasteiger partial charge in [-0.2, -0.15) is 0 Å². The number of ether oxygens (including phenoxy) is 1. The minimum Gasteiger partial charge on any atom is -0.497 e. The number of nitrogens with zero attached hydrogens (tertiary/aromatic N) is 3. The van der Waals surface area contributed by atoms with E-state index in [-0.39, 0.29) is 17.1 Å².